The number of likely N-dealkylation sites (tertiary alicyclic amines) is 1. The van der Waals surface area contributed by atoms with E-state index in [0.29, 0.717) is 5.56 Å². The molecule has 1 aromatic heterocycles. The Bertz CT molecular complexity index is 1120. The molecule has 1 N–H and O–H groups in total. The monoisotopic (exact) mass is 426 g/mol. The molecule has 1 aliphatic heterocycles. The number of carbonyl (C=O) groups excluding carboxylic acids is 1. The van der Waals surface area contributed by atoms with Gasteiger partial charge in [0.1, 0.15) is 5.82 Å². The van der Waals surface area contributed by atoms with Crippen molar-refractivity contribution in [3.63, 3.8) is 0 Å². The highest BCUT2D eigenvalue weighted by Gasteiger charge is 2.27. The molecule has 5 nitrogen and oxygen atoms in total. The number of aromatic nitrogens is 2. The zero-order valence-corrected chi connectivity index (χ0v) is 18.7. The zero-order valence-electron chi connectivity index (χ0n) is 18.7. The average Bonchev–Trinajstić information content (AvgIpc) is 3.20. The van der Waals surface area contributed by atoms with Gasteiger partial charge in [-0.1, -0.05) is 60.5 Å². The van der Waals surface area contributed by atoms with Gasteiger partial charge in [0.25, 0.3) is 0 Å². The minimum Gasteiger partial charge on any atom is -0.369 e. The van der Waals surface area contributed by atoms with Crippen molar-refractivity contribution in [1.29, 1.82) is 0 Å². The molecule has 5 heteroatoms. The zero-order chi connectivity index (χ0) is 21.9. The normalized spacial score (nSPS) is 15.3. The molecule has 0 bridgehead atoms. The van der Waals surface area contributed by atoms with Crippen LogP contribution >= 0.6 is 0 Å². The summed E-state index contributed by atoms with van der Waals surface area (Å²) in [5, 5.41) is 3.56. The molecular weight excluding hydrogens is 396 g/mol. The fourth-order valence-electron chi connectivity index (χ4n) is 4.85. The summed E-state index contributed by atoms with van der Waals surface area (Å²) < 4.78 is 0. The first-order chi connectivity index (χ1) is 15.7. The lowest BCUT2D eigenvalue weighted by Gasteiger charge is -2.26. The number of nitrogens with zero attached hydrogens (tertiary/aromatic N) is 3. The minimum absolute atomic E-state index is 0.128. The fourth-order valence-corrected chi connectivity index (χ4v) is 4.85. The summed E-state index contributed by atoms with van der Waals surface area (Å²) in [6.07, 6.45) is 5.79. The van der Waals surface area contributed by atoms with Crippen LogP contribution in [0.1, 0.15) is 58.7 Å². The molecule has 1 fully saturated rings. The van der Waals surface area contributed by atoms with Crippen LogP contribution in [0.5, 0.6) is 0 Å². The van der Waals surface area contributed by atoms with E-state index in [-0.39, 0.29) is 11.6 Å². The maximum absolute atomic E-state index is 13.1. The molecule has 0 saturated carbocycles. The van der Waals surface area contributed by atoms with Gasteiger partial charge in [0.05, 0.1) is 5.69 Å². The summed E-state index contributed by atoms with van der Waals surface area (Å²) in [6.45, 7) is 6.47. The molecule has 2 heterocycles. The fraction of sp³-hybridized carbons (Fsp3) is 0.370. The van der Waals surface area contributed by atoms with Crippen LogP contribution < -0.4 is 5.32 Å². The van der Waals surface area contributed by atoms with Crippen LogP contribution in [0, 0.1) is 6.92 Å². The Morgan fingerprint density at radius 1 is 1.03 bits per heavy atom. The number of hydrogen-bond acceptors (Lipinski definition) is 5. The van der Waals surface area contributed by atoms with Crippen LogP contribution in [0.2, 0.25) is 0 Å². The number of nitrogens with one attached hydrogen (secondary N) is 1. The Morgan fingerprint density at radius 2 is 1.84 bits per heavy atom. The number of aryl methyl sites for hydroxylation is 1. The van der Waals surface area contributed by atoms with Crippen molar-refractivity contribution in [2.75, 3.05) is 31.5 Å². The lowest BCUT2D eigenvalue weighted by molar-refractivity contribution is 0.102. The minimum atomic E-state index is -0.128. The Balaban J connectivity index is 1.41. The number of piperidine rings is 1. The van der Waals surface area contributed by atoms with Gasteiger partial charge < -0.3 is 10.2 Å². The van der Waals surface area contributed by atoms with Crippen molar-refractivity contribution >= 4 is 11.6 Å². The van der Waals surface area contributed by atoms with E-state index in [9.17, 15) is 4.79 Å². The Morgan fingerprint density at radius 3 is 2.66 bits per heavy atom. The summed E-state index contributed by atoms with van der Waals surface area (Å²) in [6, 6.07) is 15.8. The second-order valence-electron chi connectivity index (χ2n) is 8.93. The van der Waals surface area contributed by atoms with E-state index < -0.39 is 0 Å². The quantitative estimate of drug-likeness (QED) is 0.337. The van der Waals surface area contributed by atoms with Crippen LogP contribution in [0.25, 0.3) is 11.1 Å². The third-order valence-corrected chi connectivity index (χ3v) is 6.50. The second-order valence-corrected chi connectivity index (χ2v) is 8.93. The van der Waals surface area contributed by atoms with Crippen LogP contribution in [-0.4, -0.2) is 46.8 Å². The molecule has 2 aliphatic rings. The number of fused-ring (bicyclic) bond motifs is 3. The first-order valence-corrected chi connectivity index (χ1v) is 11.8. The van der Waals surface area contributed by atoms with Crippen molar-refractivity contribution in [3.05, 3.63) is 76.7 Å². The highest BCUT2D eigenvalue weighted by molar-refractivity contribution is 6.07. The number of ketones is 1. The largest absolute Gasteiger partial charge is 0.369 e. The lowest BCUT2D eigenvalue weighted by atomic mass is 10.0. The summed E-state index contributed by atoms with van der Waals surface area (Å²) in [5.74, 6) is 0.936. The summed E-state index contributed by atoms with van der Waals surface area (Å²) in [4.78, 5) is 25.1. The van der Waals surface area contributed by atoms with Gasteiger partial charge in [-0.05, 0) is 56.9 Å². The highest BCUT2D eigenvalue weighted by Crippen LogP contribution is 2.40. The van der Waals surface area contributed by atoms with Gasteiger partial charge in [-0.2, -0.15) is 0 Å². The van der Waals surface area contributed by atoms with Crippen molar-refractivity contribution in [2.45, 2.75) is 39.0 Å². The molecule has 2 aromatic carbocycles. The molecule has 1 aliphatic carbocycles. The topological polar surface area (TPSA) is 58.1 Å². The number of benzene rings is 2. The smallest absolute Gasteiger partial charge is 0.230 e. The molecule has 164 valence electrons. The predicted octanol–water partition coefficient (Wildman–Crippen LogP) is 4.88. The van der Waals surface area contributed by atoms with E-state index in [4.69, 9.17) is 9.97 Å². The number of anilines is 1. The van der Waals surface area contributed by atoms with E-state index >= 15 is 0 Å². The van der Waals surface area contributed by atoms with Gasteiger partial charge in [0, 0.05) is 24.1 Å². The molecule has 0 radical (unpaired) electrons. The van der Waals surface area contributed by atoms with E-state index in [1.54, 1.807) is 0 Å². The standard InChI is InChI=1S/C27H30N4O/c1-19-11-12-22-21(17-19)18-23-24(22)26(28-13-8-16-31-14-6-3-7-15-31)30-27(29-23)25(32)20-9-4-2-5-10-20/h2,4-5,9-12,17H,3,6-8,13-16,18H2,1H3,(H,28,29,30). The van der Waals surface area contributed by atoms with E-state index in [2.05, 4.69) is 35.3 Å². The van der Waals surface area contributed by atoms with Crippen LogP contribution in [0.4, 0.5) is 5.82 Å². The van der Waals surface area contributed by atoms with Gasteiger partial charge in [0.2, 0.25) is 11.6 Å². The summed E-state index contributed by atoms with van der Waals surface area (Å²) in [5.41, 5.74) is 6.30. The predicted molar refractivity (Wildman–Crippen MR) is 128 cm³/mol. The third-order valence-electron chi connectivity index (χ3n) is 6.50. The van der Waals surface area contributed by atoms with Crippen molar-refractivity contribution in [2.24, 2.45) is 0 Å². The van der Waals surface area contributed by atoms with Crippen molar-refractivity contribution in [3.8, 4) is 11.1 Å². The molecular formula is C27H30N4O. The lowest BCUT2D eigenvalue weighted by Crippen LogP contribution is -2.31. The van der Waals surface area contributed by atoms with E-state index in [1.165, 1.54) is 49.0 Å². The van der Waals surface area contributed by atoms with Gasteiger partial charge in [-0.15, -0.1) is 0 Å². The van der Waals surface area contributed by atoms with Crippen LogP contribution in [0.15, 0.2) is 48.5 Å². The molecule has 0 spiro atoms. The van der Waals surface area contributed by atoms with Gasteiger partial charge in [-0.25, -0.2) is 9.97 Å². The maximum atomic E-state index is 13.1. The molecule has 32 heavy (non-hydrogen) atoms. The summed E-state index contributed by atoms with van der Waals surface area (Å²) >= 11 is 0. The van der Waals surface area contributed by atoms with Gasteiger partial charge >= 0.3 is 0 Å². The van der Waals surface area contributed by atoms with Crippen LogP contribution in [0.3, 0.4) is 0 Å². The van der Waals surface area contributed by atoms with Crippen molar-refractivity contribution < 1.29 is 4.79 Å². The molecule has 3 aromatic rings. The molecule has 5 rings (SSSR count). The Kier molecular flexibility index (Phi) is 5.99. The average molecular weight is 427 g/mol. The van der Waals surface area contributed by atoms with Gasteiger partial charge in [0.15, 0.2) is 0 Å². The first-order valence-electron chi connectivity index (χ1n) is 11.8. The highest BCUT2D eigenvalue weighted by atomic mass is 16.1. The SMILES string of the molecule is Cc1ccc2c(c1)Cc1nc(C(=O)c3ccccc3)nc(NCCCN3CCCCC3)c1-2. The number of carbonyl (C=O) groups is 1. The Hall–Kier alpha value is -3.05. The molecule has 1 saturated heterocycles. The molecule has 0 unspecified atom stereocenters. The van der Waals surface area contributed by atoms with Gasteiger partial charge in [-0.3, -0.25) is 4.79 Å². The molecule has 0 atom stereocenters. The van der Waals surface area contributed by atoms with Crippen molar-refractivity contribution in [1.82, 2.24) is 14.9 Å². The number of rotatable bonds is 7. The Labute approximate surface area is 189 Å². The maximum Gasteiger partial charge on any atom is 0.230 e. The number of hydrogen-bond donors (Lipinski definition) is 1. The summed E-state index contributed by atoms with van der Waals surface area (Å²) in [7, 11) is 0. The molecule has 0 amide bonds. The van der Waals surface area contributed by atoms with Crippen LogP contribution in [-0.2, 0) is 6.42 Å². The first kappa shape index (κ1) is 20.8. The third kappa shape index (κ3) is 4.30. The van der Waals surface area contributed by atoms with E-state index in [1.807, 2.05) is 30.3 Å². The van der Waals surface area contributed by atoms with E-state index in [0.717, 1.165) is 43.0 Å². The second kappa shape index (κ2) is 9.21.